The third-order valence-electron chi connectivity index (χ3n) is 4.10. The van der Waals surface area contributed by atoms with Crippen molar-refractivity contribution in [3.63, 3.8) is 0 Å². The molecule has 0 saturated carbocycles. The first kappa shape index (κ1) is 16.5. The van der Waals surface area contributed by atoms with Crippen LogP contribution in [0.25, 0.3) is 0 Å². The monoisotopic (exact) mass is 325 g/mol. The topological polar surface area (TPSA) is 38.8 Å². The molecule has 1 amide bonds. The lowest BCUT2D eigenvalue weighted by Crippen LogP contribution is -2.50. The van der Waals surface area contributed by atoms with Crippen LogP contribution in [0, 0.1) is 0 Å². The van der Waals surface area contributed by atoms with E-state index in [-0.39, 0.29) is 18.3 Å². The molecule has 4 nitrogen and oxygen atoms in total. The van der Waals surface area contributed by atoms with Gasteiger partial charge in [-0.2, -0.15) is 0 Å². The molecule has 126 valence electrons. The molecule has 0 spiro atoms. The van der Waals surface area contributed by atoms with Gasteiger partial charge in [0.15, 0.2) is 0 Å². The summed E-state index contributed by atoms with van der Waals surface area (Å²) in [6.07, 6.45) is 0.539. The molecular weight excluding hydrogens is 302 g/mol. The van der Waals surface area contributed by atoms with Crippen molar-refractivity contribution in [2.75, 3.05) is 13.1 Å². The van der Waals surface area contributed by atoms with Crippen molar-refractivity contribution in [3.8, 4) is 0 Å². The number of rotatable bonds is 4. The van der Waals surface area contributed by atoms with Crippen LogP contribution in [0.3, 0.4) is 0 Å². The van der Waals surface area contributed by atoms with Gasteiger partial charge in [-0.25, -0.2) is 4.79 Å². The van der Waals surface area contributed by atoms with Crippen LogP contribution in [0.1, 0.15) is 18.1 Å². The minimum atomic E-state index is -0.271. The van der Waals surface area contributed by atoms with Gasteiger partial charge in [0.2, 0.25) is 0 Å². The summed E-state index contributed by atoms with van der Waals surface area (Å²) in [6, 6.07) is 19.9. The number of amides is 1. The van der Waals surface area contributed by atoms with Gasteiger partial charge in [-0.05, 0) is 18.1 Å². The Kier molecular flexibility index (Phi) is 5.49. The molecule has 0 N–H and O–H groups in total. The van der Waals surface area contributed by atoms with Crippen LogP contribution in [0.4, 0.5) is 4.79 Å². The van der Waals surface area contributed by atoms with Crippen molar-refractivity contribution in [3.05, 3.63) is 71.8 Å². The van der Waals surface area contributed by atoms with E-state index in [4.69, 9.17) is 9.47 Å². The molecule has 0 bridgehead atoms. The number of carbonyl (C=O) groups is 1. The van der Waals surface area contributed by atoms with E-state index < -0.39 is 0 Å². The number of benzene rings is 2. The predicted octanol–water partition coefficient (Wildman–Crippen LogP) is 3.66. The summed E-state index contributed by atoms with van der Waals surface area (Å²) in [7, 11) is 0. The van der Waals surface area contributed by atoms with Gasteiger partial charge >= 0.3 is 6.09 Å². The van der Waals surface area contributed by atoms with E-state index in [0.717, 1.165) is 12.0 Å². The molecule has 2 aromatic carbocycles. The predicted molar refractivity (Wildman–Crippen MR) is 92.7 cm³/mol. The lowest BCUT2D eigenvalue weighted by molar-refractivity contribution is -0.0720. The molecule has 24 heavy (non-hydrogen) atoms. The molecule has 2 unspecified atom stereocenters. The van der Waals surface area contributed by atoms with Gasteiger partial charge in [-0.3, -0.25) is 0 Å². The summed E-state index contributed by atoms with van der Waals surface area (Å²) in [4.78, 5) is 14.1. The highest BCUT2D eigenvalue weighted by atomic mass is 16.6. The normalized spacial score (nSPS) is 20.6. The van der Waals surface area contributed by atoms with Crippen molar-refractivity contribution in [1.29, 1.82) is 0 Å². The van der Waals surface area contributed by atoms with Crippen LogP contribution in [-0.4, -0.2) is 36.3 Å². The highest BCUT2D eigenvalue weighted by molar-refractivity contribution is 5.67. The standard InChI is InChI=1S/C20H23NO3/c1-16-13-21(20(22)23-15-18-10-6-3-7-11-18)14-19(24-16)12-17-8-4-2-5-9-17/h2-11,16,19H,12-15H2,1H3. The minimum Gasteiger partial charge on any atom is -0.445 e. The average molecular weight is 325 g/mol. The van der Waals surface area contributed by atoms with Crippen molar-refractivity contribution in [2.24, 2.45) is 0 Å². The zero-order valence-corrected chi connectivity index (χ0v) is 13.9. The number of morpholine rings is 1. The fourth-order valence-electron chi connectivity index (χ4n) is 2.99. The second-order valence-corrected chi connectivity index (χ2v) is 6.20. The van der Waals surface area contributed by atoms with E-state index in [1.165, 1.54) is 5.56 Å². The van der Waals surface area contributed by atoms with Gasteiger partial charge < -0.3 is 14.4 Å². The number of carbonyl (C=O) groups excluding carboxylic acids is 1. The largest absolute Gasteiger partial charge is 0.445 e. The van der Waals surface area contributed by atoms with E-state index in [9.17, 15) is 4.79 Å². The van der Waals surface area contributed by atoms with Gasteiger partial charge in [-0.1, -0.05) is 60.7 Å². The first-order chi connectivity index (χ1) is 11.7. The highest BCUT2D eigenvalue weighted by Gasteiger charge is 2.29. The van der Waals surface area contributed by atoms with E-state index in [2.05, 4.69) is 12.1 Å². The third-order valence-corrected chi connectivity index (χ3v) is 4.10. The minimum absolute atomic E-state index is 0.000394. The molecule has 1 fully saturated rings. The molecular formula is C20H23NO3. The molecule has 2 aromatic rings. The molecule has 0 aromatic heterocycles. The SMILES string of the molecule is CC1CN(C(=O)OCc2ccccc2)CC(Cc2ccccc2)O1. The van der Waals surface area contributed by atoms with Gasteiger partial charge in [0, 0.05) is 6.42 Å². The van der Waals surface area contributed by atoms with Crippen LogP contribution in [0.2, 0.25) is 0 Å². The maximum Gasteiger partial charge on any atom is 0.410 e. The van der Waals surface area contributed by atoms with Gasteiger partial charge in [0.1, 0.15) is 6.61 Å². The number of ether oxygens (including phenoxy) is 2. The molecule has 2 atom stereocenters. The third kappa shape index (κ3) is 4.59. The summed E-state index contributed by atoms with van der Waals surface area (Å²) >= 11 is 0. The fourth-order valence-corrected chi connectivity index (χ4v) is 2.99. The summed E-state index contributed by atoms with van der Waals surface area (Å²) in [6.45, 7) is 3.43. The van der Waals surface area contributed by atoms with Gasteiger partial charge in [-0.15, -0.1) is 0 Å². The Hall–Kier alpha value is -2.33. The Labute approximate surface area is 143 Å². The Morgan fingerprint density at radius 1 is 1.04 bits per heavy atom. The first-order valence-corrected chi connectivity index (χ1v) is 8.35. The van der Waals surface area contributed by atoms with Gasteiger partial charge in [0.25, 0.3) is 0 Å². The zero-order chi connectivity index (χ0) is 16.8. The Bertz CT molecular complexity index is 644. The van der Waals surface area contributed by atoms with E-state index in [0.29, 0.717) is 19.7 Å². The molecule has 0 radical (unpaired) electrons. The lowest BCUT2D eigenvalue weighted by Gasteiger charge is -2.36. The van der Waals surface area contributed by atoms with E-state index in [1.54, 1.807) is 4.90 Å². The van der Waals surface area contributed by atoms with E-state index in [1.807, 2.05) is 55.5 Å². The van der Waals surface area contributed by atoms with Crippen LogP contribution >= 0.6 is 0 Å². The Morgan fingerprint density at radius 2 is 1.67 bits per heavy atom. The molecule has 1 aliphatic rings. The molecule has 3 rings (SSSR count). The van der Waals surface area contributed by atoms with Crippen LogP contribution in [-0.2, 0) is 22.5 Å². The summed E-state index contributed by atoms with van der Waals surface area (Å²) in [5.41, 5.74) is 2.21. The Balaban J connectivity index is 1.55. The maximum atomic E-state index is 12.4. The molecule has 1 saturated heterocycles. The summed E-state index contributed by atoms with van der Waals surface area (Å²) in [5, 5.41) is 0. The number of nitrogens with zero attached hydrogens (tertiary/aromatic N) is 1. The lowest BCUT2D eigenvalue weighted by atomic mass is 10.1. The van der Waals surface area contributed by atoms with Crippen LogP contribution < -0.4 is 0 Å². The molecule has 4 heteroatoms. The summed E-state index contributed by atoms with van der Waals surface area (Å²) in [5.74, 6) is 0. The van der Waals surface area contributed by atoms with Crippen molar-refractivity contribution in [2.45, 2.75) is 32.2 Å². The zero-order valence-electron chi connectivity index (χ0n) is 13.9. The first-order valence-electron chi connectivity index (χ1n) is 8.35. The summed E-state index contributed by atoms with van der Waals surface area (Å²) < 4.78 is 11.4. The average Bonchev–Trinajstić information content (AvgIpc) is 2.61. The van der Waals surface area contributed by atoms with Gasteiger partial charge in [0.05, 0.1) is 25.3 Å². The van der Waals surface area contributed by atoms with Crippen molar-refractivity contribution in [1.82, 2.24) is 4.90 Å². The highest BCUT2D eigenvalue weighted by Crippen LogP contribution is 2.17. The smallest absolute Gasteiger partial charge is 0.410 e. The number of hydrogen-bond donors (Lipinski definition) is 0. The van der Waals surface area contributed by atoms with Crippen LogP contribution in [0.5, 0.6) is 0 Å². The second kappa shape index (κ2) is 7.97. The maximum absolute atomic E-state index is 12.4. The number of hydrogen-bond acceptors (Lipinski definition) is 3. The quantitative estimate of drug-likeness (QED) is 0.861. The Morgan fingerprint density at radius 3 is 2.33 bits per heavy atom. The van der Waals surface area contributed by atoms with Crippen molar-refractivity contribution < 1.29 is 14.3 Å². The molecule has 1 aliphatic heterocycles. The van der Waals surface area contributed by atoms with Crippen molar-refractivity contribution >= 4 is 6.09 Å². The molecule has 1 heterocycles. The fraction of sp³-hybridized carbons (Fsp3) is 0.350. The van der Waals surface area contributed by atoms with E-state index >= 15 is 0 Å². The van der Waals surface area contributed by atoms with Crippen LogP contribution in [0.15, 0.2) is 60.7 Å². The molecule has 0 aliphatic carbocycles. The second-order valence-electron chi connectivity index (χ2n) is 6.20.